The Balaban J connectivity index is 1.75. The van der Waals surface area contributed by atoms with Crippen LogP contribution in [0.5, 0.6) is 0 Å². The Morgan fingerprint density at radius 1 is 1.31 bits per heavy atom. The highest BCUT2D eigenvalue weighted by Gasteiger charge is 2.80. The number of benzene rings is 1. The molecule has 8 heteroatoms. The van der Waals surface area contributed by atoms with Gasteiger partial charge in [-0.1, -0.05) is 43.3 Å². The number of esters is 1. The number of carbonyl (C=O) groups is 3. The summed E-state index contributed by atoms with van der Waals surface area (Å²) < 4.78 is 12.1. The Hall–Kier alpha value is -2.71. The van der Waals surface area contributed by atoms with Crippen molar-refractivity contribution >= 4 is 17.8 Å². The lowest BCUT2D eigenvalue weighted by molar-refractivity contribution is -0.162. The van der Waals surface area contributed by atoms with Crippen LogP contribution in [-0.2, 0) is 30.4 Å². The van der Waals surface area contributed by atoms with Gasteiger partial charge in [-0.05, 0) is 44.6 Å². The van der Waals surface area contributed by atoms with Crippen molar-refractivity contribution in [3.05, 3.63) is 48.6 Å². The van der Waals surface area contributed by atoms with E-state index in [-0.39, 0.29) is 30.9 Å². The molecule has 8 nitrogen and oxygen atoms in total. The van der Waals surface area contributed by atoms with Crippen molar-refractivity contribution in [3.8, 4) is 0 Å². The summed E-state index contributed by atoms with van der Waals surface area (Å²) in [5.74, 6) is -2.47. The lowest BCUT2D eigenvalue weighted by Gasteiger charge is -2.37. The molecule has 3 fully saturated rings. The minimum Gasteiger partial charge on any atom is -0.466 e. The molecule has 6 atom stereocenters. The fraction of sp³-hybridized carbons (Fsp3) is 0.607. The van der Waals surface area contributed by atoms with Gasteiger partial charge >= 0.3 is 5.97 Å². The number of aliphatic hydroxyl groups excluding tert-OH is 1. The summed E-state index contributed by atoms with van der Waals surface area (Å²) in [5.41, 5.74) is -1.01. The summed E-state index contributed by atoms with van der Waals surface area (Å²) in [5, 5.41) is 9.34. The van der Waals surface area contributed by atoms with Crippen LogP contribution in [0, 0.1) is 17.8 Å². The minimum absolute atomic E-state index is 0.00284. The van der Waals surface area contributed by atoms with Crippen LogP contribution in [0.15, 0.2) is 43.0 Å². The molecule has 3 aliphatic rings. The van der Waals surface area contributed by atoms with Crippen molar-refractivity contribution in [2.75, 3.05) is 26.3 Å². The maximum absolute atomic E-state index is 14.3. The maximum Gasteiger partial charge on any atom is 0.312 e. The number of unbranched alkanes of at least 4 members (excludes halogenated alkanes) is 1. The molecule has 3 heterocycles. The molecule has 3 saturated heterocycles. The molecule has 0 aromatic heterocycles. The number of ether oxygens (including phenoxy) is 2. The van der Waals surface area contributed by atoms with E-state index in [9.17, 15) is 19.5 Å². The Morgan fingerprint density at radius 3 is 2.67 bits per heavy atom. The first-order valence-electron chi connectivity index (χ1n) is 13.0. The second kappa shape index (κ2) is 10.3. The summed E-state index contributed by atoms with van der Waals surface area (Å²) in [7, 11) is 0. The van der Waals surface area contributed by atoms with Gasteiger partial charge in [0, 0.05) is 26.2 Å². The lowest BCUT2D eigenvalue weighted by Crippen LogP contribution is -2.56. The molecule has 36 heavy (non-hydrogen) atoms. The Morgan fingerprint density at radius 2 is 2.03 bits per heavy atom. The number of carbonyl (C=O) groups excluding carboxylic acids is 3. The first kappa shape index (κ1) is 26.4. The number of aliphatic hydroxyl groups is 1. The summed E-state index contributed by atoms with van der Waals surface area (Å²) >= 11 is 0. The summed E-state index contributed by atoms with van der Waals surface area (Å²) in [4.78, 5) is 44.8. The van der Waals surface area contributed by atoms with Gasteiger partial charge in [-0.3, -0.25) is 14.4 Å². The normalized spacial score (nSPS) is 32.4. The van der Waals surface area contributed by atoms with Gasteiger partial charge in [0.05, 0.1) is 18.1 Å². The molecule has 3 unspecified atom stereocenters. The Bertz CT molecular complexity index is 999. The van der Waals surface area contributed by atoms with Crippen molar-refractivity contribution in [2.24, 2.45) is 17.8 Å². The smallest absolute Gasteiger partial charge is 0.312 e. The predicted molar refractivity (Wildman–Crippen MR) is 133 cm³/mol. The topological polar surface area (TPSA) is 96.4 Å². The molecule has 4 rings (SSSR count). The third-order valence-electron chi connectivity index (χ3n) is 8.27. The van der Waals surface area contributed by atoms with Crippen LogP contribution in [0.2, 0.25) is 0 Å². The van der Waals surface area contributed by atoms with Crippen molar-refractivity contribution in [1.29, 1.82) is 0 Å². The SMILES string of the molecule is C=CCN(Cc1ccccc1)C(=O)C1N(CCCCO)C(=O)[C@@H]2[C@@H](C(=O)OCC)[C@]3(C)OC12CC3C. The van der Waals surface area contributed by atoms with E-state index in [0.717, 1.165) is 5.56 Å². The van der Waals surface area contributed by atoms with Crippen LogP contribution in [0.4, 0.5) is 0 Å². The molecular formula is C28H38N2O6. The van der Waals surface area contributed by atoms with E-state index in [0.29, 0.717) is 38.9 Å². The number of fused-ring (bicyclic) bond motifs is 1. The summed E-state index contributed by atoms with van der Waals surface area (Å²) in [6.45, 7) is 10.7. The van der Waals surface area contributed by atoms with Crippen LogP contribution >= 0.6 is 0 Å². The number of likely N-dealkylation sites (tertiary alicyclic amines) is 1. The number of hydrogen-bond acceptors (Lipinski definition) is 6. The highest BCUT2D eigenvalue weighted by atomic mass is 16.6. The minimum atomic E-state index is -1.10. The first-order valence-corrected chi connectivity index (χ1v) is 13.0. The number of amides is 2. The molecule has 0 aliphatic carbocycles. The molecule has 1 spiro atoms. The van der Waals surface area contributed by atoms with Gasteiger partial charge in [-0.25, -0.2) is 0 Å². The summed E-state index contributed by atoms with van der Waals surface area (Å²) in [6.07, 6.45) is 3.25. The monoisotopic (exact) mass is 498 g/mol. The molecule has 2 amide bonds. The first-order chi connectivity index (χ1) is 17.2. The molecule has 2 bridgehead atoms. The van der Waals surface area contributed by atoms with Crippen LogP contribution in [0.1, 0.15) is 45.6 Å². The van der Waals surface area contributed by atoms with Gasteiger partial charge in [-0.15, -0.1) is 6.58 Å². The van der Waals surface area contributed by atoms with Crippen LogP contribution in [0.25, 0.3) is 0 Å². The van der Waals surface area contributed by atoms with E-state index in [2.05, 4.69) is 6.58 Å². The van der Waals surface area contributed by atoms with E-state index in [1.54, 1.807) is 22.8 Å². The average Bonchev–Trinajstić information content (AvgIpc) is 3.36. The lowest BCUT2D eigenvalue weighted by atomic mass is 9.62. The van der Waals surface area contributed by atoms with E-state index in [1.807, 2.05) is 44.2 Å². The molecule has 1 aromatic carbocycles. The van der Waals surface area contributed by atoms with Gasteiger partial charge in [0.2, 0.25) is 11.8 Å². The van der Waals surface area contributed by atoms with E-state index >= 15 is 0 Å². The average molecular weight is 499 g/mol. The molecule has 0 saturated carbocycles. The zero-order valence-electron chi connectivity index (χ0n) is 21.5. The summed E-state index contributed by atoms with van der Waals surface area (Å²) in [6, 6.07) is 8.83. The van der Waals surface area contributed by atoms with Crippen LogP contribution in [0.3, 0.4) is 0 Å². The van der Waals surface area contributed by atoms with Crippen molar-refractivity contribution in [1.82, 2.24) is 9.80 Å². The van der Waals surface area contributed by atoms with Crippen molar-refractivity contribution < 1.29 is 29.0 Å². The molecule has 0 radical (unpaired) electrons. The van der Waals surface area contributed by atoms with E-state index in [1.165, 1.54) is 0 Å². The fourth-order valence-corrected chi connectivity index (χ4v) is 6.61. The highest BCUT2D eigenvalue weighted by molar-refractivity contribution is 5.98. The van der Waals surface area contributed by atoms with Gasteiger partial charge in [-0.2, -0.15) is 0 Å². The Kier molecular flexibility index (Phi) is 7.57. The van der Waals surface area contributed by atoms with E-state index in [4.69, 9.17) is 9.47 Å². The number of hydrogen-bond donors (Lipinski definition) is 1. The number of nitrogens with zero attached hydrogens (tertiary/aromatic N) is 2. The van der Waals surface area contributed by atoms with Crippen molar-refractivity contribution in [3.63, 3.8) is 0 Å². The van der Waals surface area contributed by atoms with Gasteiger partial charge in [0.1, 0.15) is 17.6 Å². The molecule has 1 N–H and O–H groups in total. The zero-order chi connectivity index (χ0) is 26.1. The zero-order valence-corrected chi connectivity index (χ0v) is 21.5. The van der Waals surface area contributed by atoms with Crippen LogP contribution in [-0.4, -0.2) is 76.2 Å². The molecule has 196 valence electrons. The Labute approximate surface area is 213 Å². The second-order valence-corrected chi connectivity index (χ2v) is 10.4. The van der Waals surface area contributed by atoms with Gasteiger partial charge in [0.25, 0.3) is 0 Å². The highest BCUT2D eigenvalue weighted by Crippen LogP contribution is 2.65. The van der Waals surface area contributed by atoms with Crippen molar-refractivity contribution in [2.45, 2.75) is 63.8 Å². The predicted octanol–water partition coefficient (Wildman–Crippen LogP) is 2.55. The third kappa shape index (κ3) is 4.14. The molecule has 1 aromatic rings. The fourth-order valence-electron chi connectivity index (χ4n) is 6.61. The largest absolute Gasteiger partial charge is 0.466 e. The third-order valence-corrected chi connectivity index (χ3v) is 8.27. The van der Waals surface area contributed by atoms with E-state index < -0.39 is 35.0 Å². The molecular weight excluding hydrogens is 460 g/mol. The number of rotatable bonds is 11. The van der Waals surface area contributed by atoms with Gasteiger partial charge < -0.3 is 24.4 Å². The standard InChI is InChI=1S/C28H38N2O6/c1-5-14-29(18-20-12-8-7-9-13-20)25(33)23-28-17-19(3)27(4,36-28)22(26(34)35-6-2)21(28)24(32)30(23)15-10-11-16-31/h5,7-9,12-13,19,21-23,31H,1,6,10-11,14-18H2,2-4H3/t19?,21-,22-,23?,27+,28?/m0/s1. The molecule has 3 aliphatic heterocycles. The quantitative estimate of drug-likeness (QED) is 0.286. The second-order valence-electron chi connectivity index (χ2n) is 10.4. The van der Waals surface area contributed by atoms with Gasteiger partial charge in [0.15, 0.2) is 0 Å². The van der Waals surface area contributed by atoms with Crippen LogP contribution < -0.4 is 0 Å². The maximum atomic E-state index is 14.3.